The van der Waals surface area contributed by atoms with Gasteiger partial charge in [-0.1, -0.05) is 12.1 Å². The Morgan fingerprint density at radius 2 is 1.66 bits per heavy atom. The molecule has 1 aliphatic rings. The summed E-state index contributed by atoms with van der Waals surface area (Å²) in [6.07, 6.45) is 2.96. The van der Waals surface area contributed by atoms with Crippen LogP contribution in [0.2, 0.25) is 0 Å². The summed E-state index contributed by atoms with van der Waals surface area (Å²) < 4.78 is 5.95. The smallest absolute Gasteiger partial charge is 0.234 e. The zero-order valence-electron chi connectivity index (χ0n) is 26.8. The van der Waals surface area contributed by atoms with E-state index in [2.05, 4.69) is 56.4 Å². The topological polar surface area (TPSA) is 171 Å². The quantitative estimate of drug-likeness (QED) is 0.115. The number of aromatic nitrogens is 4. The standard InChI is InChI=1S/C35H43N9O3/c1-43-15-17-44(18-16-43)25-11-13-29-31(22-25)42-35(40-29)24-10-12-28-30(21-24)41-34(39-28)23-6-4-7-26(20-23)47-19-5-9-32(45)38-14-3-2-8-27(36)33(37)46/h4,6-7,10-13,20-22,27H,2-3,5,8-9,14-19,36H2,1H3,(H2,37,46)(H,38,45)(H,39,41)(H,40,42)/t27-/m1/s1. The minimum atomic E-state index is -0.628. The Labute approximate surface area is 273 Å². The van der Waals surface area contributed by atoms with E-state index in [1.807, 2.05) is 36.4 Å². The van der Waals surface area contributed by atoms with Crippen LogP contribution in [0.4, 0.5) is 5.69 Å². The van der Waals surface area contributed by atoms with E-state index in [0.717, 1.165) is 83.9 Å². The minimum Gasteiger partial charge on any atom is -0.494 e. The molecule has 1 fully saturated rings. The van der Waals surface area contributed by atoms with E-state index in [1.165, 1.54) is 5.69 Å². The predicted octanol–water partition coefficient (Wildman–Crippen LogP) is 3.78. The Balaban J connectivity index is 1.03. The third kappa shape index (κ3) is 8.08. The maximum absolute atomic E-state index is 12.1. The number of benzene rings is 3. The fourth-order valence-corrected chi connectivity index (χ4v) is 5.79. The number of rotatable bonds is 14. The molecule has 1 aliphatic heterocycles. The molecule has 5 aromatic rings. The Bertz CT molecular complexity index is 1840. The number of unbranched alkanes of at least 4 members (excludes halogenated alkanes) is 1. The number of nitrogens with one attached hydrogen (secondary N) is 3. The van der Waals surface area contributed by atoms with Crippen LogP contribution in [0.3, 0.4) is 0 Å². The van der Waals surface area contributed by atoms with Crippen molar-refractivity contribution in [3.8, 4) is 28.5 Å². The van der Waals surface area contributed by atoms with Crippen LogP contribution in [-0.2, 0) is 9.59 Å². The first-order valence-electron chi connectivity index (χ1n) is 16.3. The van der Waals surface area contributed by atoms with Gasteiger partial charge in [-0.15, -0.1) is 0 Å². The number of nitrogens with two attached hydrogens (primary N) is 2. The van der Waals surface area contributed by atoms with E-state index in [4.69, 9.17) is 26.2 Å². The number of amides is 2. The summed E-state index contributed by atoms with van der Waals surface area (Å²) in [7, 11) is 2.17. The molecule has 1 saturated heterocycles. The van der Waals surface area contributed by atoms with E-state index >= 15 is 0 Å². The Kier molecular flexibility index (Phi) is 9.98. The van der Waals surface area contributed by atoms with E-state index in [1.54, 1.807) is 0 Å². The third-order valence-electron chi connectivity index (χ3n) is 8.64. The van der Waals surface area contributed by atoms with Gasteiger partial charge in [-0.3, -0.25) is 9.59 Å². The number of hydrogen-bond acceptors (Lipinski definition) is 8. The zero-order valence-corrected chi connectivity index (χ0v) is 26.8. The van der Waals surface area contributed by atoms with E-state index < -0.39 is 11.9 Å². The first-order valence-corrected chi connectivity index (χ1v) is 16.3. The monoisotopic (exact) mass is 637 g/mol. The van der Waals surface area contributed by atoms with Crippen LogP contribution in [0, 0.1) is 0 Å². The lowest BCUT2D eigenvalue weighted by Gasteiger charge is -2.34. The van der Waals surface area contributed by atoms with Gasteiger partial charge >= 0.3 is 0 Å². The second-order valence-corrected chi connectivity index (χ2v) is 12.2. The molecule has 0 radical (unpaired) electrons. The maximum atomic E-state index is 12.1. The normalized spacial score (nSPS) is 14.5. The molecule has 3 aromatic carbocycles. The molecule has 2 amide bonds. The van der Waals surface area contributed by atoms with E-state index in [-0.39, 0.29) is 5.91 Å². The van der Waals surface area contributed by atoms with Crippen molar-refractivity contribution in [2.75, 3.05) is 51.3 Å². The lowest BCUT2D eigenvalue weighted by Crippen LogP contribution is -2.44. The van der Waals surface area contributed by atoms with Crippen molar-refractivity contribution < 1.29 is 14.3 Å². The highest BCUT2D eigenvalue weighted by atomic mass is 16.5. The fraction of sp³-hybridized carbons (Fsp3) is 0.371. The van der Waals surface area contributed by atoms with Crippen molar-refractivity contribution in [1.82, 2.24) is 30.2 Å². The van der Waals surface area contributed by atoms with Gasteiger partial charge < -0.3 is 41.3 Å². The van der Waals surface area contributed by atoms with Crippen LogP contribution in [-0.4, -0.2) is 89.1 Å². The summed E-state index contributed by atoms with van der Waals surface area (Å²) in [5.74, 6) is 1.76. The number of H-pyrrole nitrogens is 2. The van der Waals surface area contributed by atoms with Gasteiger partial charge in [0.05, 0.1) is 34.7 Å². The lowest BCUT2D eigenvalue weighted by atomic mass is 10.1. The van der Waals surface area contributed by atoms with Gasteiger partial charge in [-0.2, -0.15) is 0 Å². The average molecular weight is 638 g/mol. The molecular formula is C35H43N9O3. The van der Waals surface area contributed by atoms with E-state index in [0.29, 0.717) is 38.2 Å². The number of carbonyl (C=O) groups is 2. The van der Waals surface area contributed by atoms with E-state index in [9.17, 15) is 9.59 Å². The molecule has 12 heteroatoms. The van der Waals surface area contributed by atoms with Gasteiger partial charge in [-0.25, -0.2) is 9.97 Å². The van der Waals surface area contributed by atoms with Crippen LogP contribution in [0.5, 0.6) is 5.75 Å². The summed E-state index contributed by atoms with van der Waals surface area (Å²) in [5.41, 5.74) is 17.6. The number of fused-ring (bicyclic) bond motifs is 2. The van der Waals surface area contributed by atoms with Crippen molar-refractivity contribution in [2.45, 2.75) is 38.1 Å². The average Bonchev–Trinajstić information content (AvgIpc) is 3.71. The van der Waals surface area contributed by atoms with Gasteiger partial charge in [0.15, 0.2) is 0 Å². The van der Waals surface area contributed by atoms with Gasteiger partial charge in [0.1, 0.15) is 17.4 Å². The molecule has 0 bridgehead atoms. The number of nitrogens with zero attached hydrogens (tertiary/aromatic N) is 4. The Morgan fingerprint density at radius 3 is 2.47 bits per heavy atom. The summed E-state index contributed by atoms with van der Waals surface area (Å²) in [6.45, 7) is 5.13. The predicted molar refractivity (Wildman–Crippen MR) is 185 cm³/mol. The Morgan fingerprint density at radius 1 is 0.894 bits per heavy atom. The first-order chi connectivity index (χ1) is 22.8. The molecule has 1 atom stereocenters. The summed E-state index contributed by atoms with van der Waals surface area (Å²) >= 11 is 0. The number of likely N-dealkylation sites (N-methyl/N-ethyl adjacent to an activating group) is 1. The molecule has 6 rings (SSSR count). The number of anilines is 1. The second kappa shape index (κ2) is 14.7. The zero-order chi connectivity index (χ0) is 32.8. The minimum absolute atomic E-state index is 0.0266. The van der Waals surface area contributed by atoms with Crippen molar-refractivity contribution in [3.63, 3.8) is 0 Å². The summed E-state index contributed by atoms with van der Waals surface area (Å²) in [5, 5.41) is 2.89. The van der Waals surface area contributed by atoms with Crippen molar-refractivity contribution in [1.29, 1.82) is 0 Å². The number of hydrogen-bond donors (Lipinski definition) is 5. The second-order valence-electron chi connectivity index (χ2n) is 12.2. The van der Waals surface area contributed by atoms with Gasteiger partial charge in [0.25, 0.3) is 0 Å². The highest BCUT2D eigenvalue weighted by molar-refractivity contribution is 5.87. The fourth-order valence-electron chi connectivity index (χ4n) is 5.79. The summed E-state index contributed by atoms with van der Waals surface area (Å²) in [6, 6.07) is 19.7. The Hall–Kier alpha value is -4.94. The molecule has 0 unspecified atom stereocenters. The number of piperazine rings is 1. The number of primary amides is 1. The lowest BCUT2D eigenvalue weighted by molar-refractivity contribution is -0.121. The SMILES string of the molecule is CN1CCN(c2ccc3[nH]c(-c4ccc5nc(-c6cccc(OCCCC(=O)NCCCC[C@@H](N)C(N)=O)c6)[nH]c5c4)nc3c2)CC1. The van der Waals surface area contributed by atoms with Crippen LogP contribution < -0.4 is 26.4 Å². The number of aromatic amines is 2. The molecule has 7 N–H and O–H groups in total. The van der Waals surface area contributed by atoms with Crippen molar-refractivity contribution >= 4 is 39.6 Å². The molecule has 2 aromatic heterocycles. The number of carbonyl (C=O) groups excluding carboxylic acids is 2. The molecule has 12 nitrogen and oxygen atoms in total. The summed E-state index contributed by atoms with van der Waals surface area (Å²) in [4.78, 5) is 44.6. The molecule has 246 valence electrons. The third-order valence-corrected chi connectivity index (χ3v) is 8.64. The molecule has 0 aliphatic carbocycles. The van der Waals surface area contributed by atoms with Gasteiger partial charge in [0, 0.05) is 56.0 Å². The first kappa shape index (κ1) is 32.0. The van der Waals surface area contributed by atoms with Gasteiger partial charge in [0.2, 0.25) is 11.8 Å². The highest BCUT2D eigenvalue weighted by Crippen LogP contribution is 2.29. The van der Waals surface area contributed by atoms with Crippen LogP contribution in [0.15, 0.2) is 60.7 Å². The van der Waals surface area contributed by atoms with Crippen molar-refractivity contribution in [3.05, 3.63) is 60.7 Å². The molecule has 3 heterocycles. The maximum Gasteiger partial charge on any atom is 0.234 e. The van der Waals surface area contributed by atoms with Crippen LogP contribution >= 0.6 is 0 Å². The molecular weight excluding hydrogens is 594 g/mol. The van der Waals surface area contributed by atoms with Crippen LogP contribution in [0.25, 0.3) is 44.8 Å². The highest BCUT2D eigenvalue weighted by Gasteiger charge is 2.16. The van der Waals surface area contributed by atoms with Crippen molar-refractivity contribution in [2.24, 2.45) is 11.5 Å². The number of ether oxygens (including phenoxy) is 1. The number of imidazole rings is 2. The van der Waals surface area contributed by atoms with Crippen LogP contribution in [0.1, 0.15) is 32.1 Å². The van der Waals surface area contributed by atoms with Gasteiger partial charge in [-0.05, 0) is 81.3 Å². The largest absolute Gasteiger partial charge is 0.494 e. The molecule has 0 spiro atoms. The molecule has 0 saturated carbocycles. The molecule has 47 heavy (non-hydrogen) atoms.